The highest BCUT2D eigenvalue weighted by atomic mass is 32.2. The molecular formula is C21H19FN2O3S. The smallest absolute Gasteiger partial charge is 0.255 e. The molecule has 0 aliphatic carbocycles. The zero-order valence-corrected chi connectivity index (χ0v) is 16.0. The Morgan fingerprint density at radius 1 is 0.964 bits per heavy atom. The topological polar surface area (TPSA) is 75.3 Å². The number of carbonyl (C=O) groups excluding carboxylic acids is 1. The standard InChI is InChI=1S/C21H19FN2O3S/c1-15-3-2-4-16(13-15)14-23-28(26,27)20-11-5-17(6-12-20)21(25)24-19-9-7-18(22)8-10-19/h2-13,23H,14H2,1H3,(H,24,25). The molecule has 0 radical (unpaired) electrons. The molecule has 3 aromatic carbocycles. The van der Waals surface area contributed by atoms with Gasteiger partial charge < -0.3 is 5.32 Å². The molecule has 3 rings (SSSR count). The van der Waals surface area contributed by atoms with Crippen molar-refractivity contribution in [3.63, 3.8) is 0 Å². The zero-order valence-electron chi connectivity index (χ0n) is 15.1. The number of hydrogen-bond acceptors (Lipinski definition) is 3. The third kappa shape index (κ3) is 5.03. The summed E-state index contributed by atoms with van der Waals surface area (Å²) in [6, 6.07) is 18.5. The van der Waals surface area contributed by atoms with Gasteiger partial charge in [-0.15, -0.1) is 0 Å². The fraction of sp³-hybridized carbons (Fsp3) is 0.0952. The summed E-state index contributed by atoms with van der Waals surface area (Å²) in [5, 5.41) is 2.62. The molecule has 0 spiro atoms. The first kappa shape index (κ1) is 19.7. The molecule has 0 aliphatic heterocycles. The number of anilines is 1. The van der Waals surface area contributed by atoms with Gasteiger partial charge in [0.2, 0.25) is 10.0 Å². The van der Waals surface area contributed by atoms with Crippen LogP contribution < -0.4 is 10.0 Å². The van der Waals surface area contributed by atoms with Crippen molar-refractivity contribution >= 4 is 21.6 Å². The van der Waals surface area contributed by atoms with Crippen LogP contribution >= 0.6 is 0 Å². The Morgan fingerprint density at radius 3 is 2.29 bits per heavy atom. The van der Waals surface area contributed by atoms with E-state index in [1.807, 2.05) is 31.2 Å². The molecule has 0 bridgehead atoms. The molecule has 3 aromatic rings. The van der Waals surface area contributed by atoms with Crippen LogP contribution in [-0.4, -0.2) is 14.3 Å². The maximum atomic E-state index is 12.9. The summed E-state index contributed by atoms with van der Waals surface area (Å²) in [4.78, 5) is 12.3. The fourth-order valence-corrected chi connectivity index (χ4v) is 3.62. The van der Waals surface area contributed by atoms with Gasteiger partial charge in [-0.2, -0.15) is 0 Å². The molecule has 2 N–H and O–H groups in total. The lowest BCUT2D eigenvalue weighted by molar-refractivity contribution is 0.102. The van der Waals surface area contributed by atoms with Crippen LogP contribution in [0.4, 0.5) is 10.1 Å². The second kappa shape index (κ2) is 8.33. The number of amides is 1. The maximum Gasteiger partial charge on any atom is 0.255 e. The lowest BCUT2D eigenvalue weighted by Gasteiger charge is -2.09. The van der Waals surface area contributed by atoms with Crippen LogP contribution in [-0.2, 0) is 16.6 Å². The van der Waals surface area contributed by atoms with Crippen LogP contribution in [0.25, 0.3) is 0 Å². The van der Waals surface area contributed by atoms with Gasteiger partial charge in [-0.05, 0) is 61.0 Å². The van der Waals surface area contributed by atoms with Crippen LogP contribution in [0, 0.1) is 12.7 Å². The van der Waals surface area contributed by atoms with Crippen molar-refractivity contribution in [2.75, 3.05) is 5.32 Å². The Morgan fingerprint density at radius 2 is 1.64 bits per heavy atom. The van der Waals surface area contributed by atoms with E-state index in [-0.39, 0.29) is 11.4 Å². The second-order valence-corrected chi connectivity index (χ2v) is 8.07. The van der Waals surface area contributed by atoms with Crippen molar-refractivity contribution in [3.05, 3.63) is 95.3 Å². The number of aryl methyl sites for hydroxylation is 1. The molecule has 7 heteroatoms. The van der Waals surface area contributed by atoms with E-state index in [0.717, 1.165) is 11.1 Å². The second-order valence-electron chi connectivity index (χ2n) is 6.30. The Balaban J connectivity index is 1.66. The van der Waals surface area contributed by atoms with E-state index >= 15 is 0 Å². The van der Waals surface area contributed by atoms with E-state index in [4.69, 9.17) is 0 Å². The molecule has 0 fully saturated rings. The van der Waals surface area contributed by atoms with Gasteiger partial charge in [0.05, 0.1) is 4.90 Å². The third-order valence-electron chi connectivity index (χ3n) is 4.08. The fourth-order valence-electron chi connectivity index (χ4n) is 2.61. The average Bonchev–Trinajstić information content (AvgIpc) is 2.68. The van der Waals surface area contributed by atoms with Gasteiger partial charge >= 0.3 is 0 Å². The van der Waals surface area contributed by atoms with Gasteiger partial charge in [-0.1, -0.05) is 29.8 Å². The van der Waals surface area contributed by atoms with Crippen LogP contribution in [0.3, 0.4) is 0 Å². The van der Waals surface area contributed by atoms with Gasteiger partial charge in [-0.3, -0.25) is 4.79 Å². The van der Waals surface area contributed by atoms with Crippen molar-refractivity contribution in [3.8, 4) is 0 Å². The SMILES string of the molecule is Cc1cccc(CNS(=O)(=O)c2ccc(C(=O)Nc3ccc(F)cc3)cc2)c1. The molecule has 0 saturated heterocycles. The molecule has 144 valence electrons. The predicted octanol–water partition coefficient (Wildman–Crippen LogP) is 3.86. The van der Waals surface area contributed by atoms with E-state index in [9.17, 15) is 17.6 Å². The average molecular weight is 398 g/mol. The lowest BCUT2D eigenvalue weighted by atomic mass is 10.1. The minimum absolute atomic E-state index is 0.0680. The molecule has 28 heavy (non-hydrogen) atoms. The molecule has 1 amide bonds. The van der Waals surface area contributed by atoms with Crippen LogP contribution in [0.5, 0.6) is 0 Å². The van der Waals surface area contributed by atoms with Gasteiger partial charge in [0, 0.05) is 17.8 Å². The van der Waals surface area contributed by atoms with Crippen molar-refractivity contribution < 1.29 is 17.6 Å². The number of nitrogens with one attached hydrogen (secondary N) is 2. The predicted molar refractivity (Wildman–Crippen MR) is 106 cm³/mol. The first-order chi connectivity index (χ1) is 13.3. The van der Waals surface area contributed by atoms with E-state index < -0.39 is 21.7 Å². The monoisotopic (exact) mass is 398 g/mol. The Labute approximate surface area is 163 Å². The summed E-state index contributed by atoms with van der Waals surface area (Å²) in [7, 11) is -3.70. The number of carbonyl (C=O) groups is 1. The Hall–Kier alpha value is -3.03. The first-order valence-corrected chi connectivity index (χ1v) is 10.0. The molecular weight excluding hydrogens is 379 g/mol. The minimum atomic E-state index is -3.70. The van der Waals surface area contributed by atoms with Crippen molar-refractivity contribution in [2.24, 2.45) is 0 Å². The van der Waals surface area contributed by atoms with Crippen LogP contribution in [0.15, 0.2) is 77.7 Å². The normalized spacial score (nSPS) is 11.2. The van der Waals surface area contributed by atoms with Crippen molar-refractivity contribution in [2.45, 2.75) is 18.4 Å². The highest BCUT2D eigenvalue weighted by molar-refractivity contribution is 7.89. The van der Waals surface area contributed by atoms with Gasteiger partial charge in [-0.25, -0.2) is 17.5 Å². The minimum Gasteiger partial charge on any atom is -0.322 e. The summed E-state index contributed by atoms with van der Waals surface area (Å²) in [6.07, 6.45) is 0. The molecule has 0 heterocycles. The number of halogens is 1. The van der Waals surface area contributed by atoms with Gasteiger partial charge in [0.25, 0.3) is 5.91 Å². The number of rotatable bonds is 6. The van der Waals surface area contributed by atoms with E-state index in [2.05, 4.69) is 10.0 Å². The maximum absolute atomic E-state index is 12.9. The van der Waals surface area contributed by atoms with Crippen molar-refractivity contribution in [1.29, 1.82) is 0 Å². The first-order valence-electron chi connectivity index (χ1n) is 8.56. The number of sulfonamides is 1. The Bertz CT molecular complexity index is 1080. The van der Waals surface area contributed by atoms with Gasteiger partial charge in [0.1, 0.15) is 5.82 Å². The third-order valence-corrected chi connectivity index (χ3v) is 5.49. The highest BCUT2D eigenvalue weighted by Crippen LogP contribution is 2.14. The summed E-state index contributed by atoms with van der Waals surface area (Å²) in [5.41, 5.74) is 2.65. The van der Waals surface area contributed by atoms with Crippen LogP contribution in [0.2, 0.25) is 0 Å². The van der Waals surface area contributed by atoms with Crippen molar-refractivity contribution in [1.82, 2.24) is 4.72 Å². The van der Waals surface area contributed by atoms with E-state index in [0.29, 0.717) is 11.3 Å². The summed E-state index contributed by atoms with van der Waals surface area (Å²) < 4.78 is 40.4. The number of benzene rings is 3. The molecule has 5 nitrogen and oxygen atoms in total. The Kier molecular flexibility index (Phi) is 5.87. The van der Waals surface area contributed by atoms with E-state index in [1.54, 1.807) is 0 Å². The van der Waals surface area contributed by atoms with Crippen LogP contribution in [0.1, 0.15) is 21.5 Å². The molecule has 0 atom stereocenters. The van der Waals surface area contributed by atoms with E-state index in [1.165, 1.54) is 48.5 Å². The lowest BCUT2D eigenvalue weighted by Crippen LogP contribution is -2.23. The largest absolute Gasteiger partial charge is 0.322 e. The molecule has 0 unspecified atom stereocenters. The number of hydrogen-bond donors (Lipinski definition) is 2. The van der Waals surface area contributed by atoms with Gasteiger partial charge in [0.15, 0.2) is 0 Å². The quantitative estimate of drug-likeness (QED) is 0.662. The molecule has 0 aliphatic rings. The molecule has 0 saturated carbocycles. The zero-order chi connectivity index (χ0) is 20.1. The summed E-state index contributed by atoms with van der Waals surface area (Å²) in [6.45, 7) is 2.12. The highest BCUT2D eigenvalue weighted by Gasteiger charge is 2.15. The molecule has 0 aromatic heterocycles. The summed E-state index contributed by atoms with van der Waals surface area (Å²) in [5.74, 6) is -0.811. The summed E-state index contributed by atoms with van der Waals surface area (Å²) >= 11 is 0.